The van der Waals surface area contributed by atoms with Crippen LogP contribution >= 0.6 is 0 Å². The number of nitrogens with zero attached hydrogens (tertiary/aromatic N) is 2. The fourth-order valence-electron chi connectivity index (χ4n) is 2.69. The molecule has 8 heteroatoms. The van der Waals surface area contributed by atoms with Gasteiger partial charge in [0.05, 0.1) is 0 Å². The second-order valence-corrected chi connectivity index (χ2v) is 6.22. The zero-order valence-corrected chi connectivity index (χ0v) is 14.2. The Morgan fingerprint density at radius 3 is 2.54 bits per heavy atom. The van der Waals surface area contributed by atoms with Gasteiger partial charge >= 0.3 is 6.03 Å². The molecule has 134 valence electrons. The van der Waals surface area contributed by atoms with Gasteiger partial charge in [-0.05, 0) is 43.2 Å². The number of rotatable bonds is 4. The predicted molar refractivity (Wildman–Crippen MR) is 91.6 cm³/mol. The van der Waals surface area contributed by atoms with Crippen LogP contribution in [0.2, 0.25) is 0 Å². The van der Waals surface area contributed by atoms with Crippen LogP contribution in [0, 0.1) is 12.7 Å². The molecule has 1 aliphatic rings. The number of hydrogen-bond acceptors (Lipinski definition) is 4. The number of anilines is 1. The van der Waals surface area contributed by atoms with Gasteiger partial charge in [0, 0.05) is 6.20 Å². The number of aromatic nitrogens is 1. The largest absolute Gasteiger partial charge is 0.325 e. The van der Waals surface area contributed by atoms with E-state index in [-0.39, 0.29) is 0 Å². The van der Waals surface area contributed by atoms with E-state index < -0.39 is 35.7 Å². The van der Waals surface area contributed by atoms with Crippen LogP contribution in [0.4, 0.5) is 15.0 Å². The van der Waals surface area contributed by atoms with Crippen LogP contribution in [0.25, 0.3) is 0 Å². The number of nitrogens with one attached hydrogen (secondary N) is 2. The summed E-state index contributed by atoms with van der Waals surface area (Å²) in [4.78, 5) is 41.9. The maximum atomic E-state index is 13.1. The SMILES string of the molecule is Cc1ccc(NC(=O)CN2C(=O)N[C@](C)(c3ccc(F)cc3)C2=O)nc1. The number of carbonyl (C=O) groups excluding carboxylic acids is 3. The summed E-state index contributed by atoms with van der Waals surface area (Å²) >= 11 is 0. The van der Waals surface area contributed by atoms with E-state index in [2.05, 4.69) is 15.6 Å². The average molecular weight is 356 g/mol. The lowest BCUT2D eigenvalue weighted by Crippen LogP contribution is -2.42. The van der Waals surface area contributed by atoms with E-state index >= 15 is 0 Å². The molecule has 0 unspecified atom stereocenters. The summed E-state index contributed by atoms with van der Waals surface area (Å²) in [7, 11) is 0. The third-order valence-electron chi connectivity index (χ3n) is 4.18. The van der Waals surface area contributed by atoms with Crippen LogP contribution in [0.1, 0.15) is 18.1 Å². The molecule has 1 saturated heterocycles. The van der Waals surface area contributed by atoms with Crippen molar-refractivity contribution in [2.75, 3.05) is 11.9 Å². The third-order valence-corrected chi connectivity index (χ3v) is 4.18. The molecule has 1 atom stereocenters. The summed E-state index contributed by atoms with van der Waals surface area (Å²) in [6, 6.07) is 7.98. The van der Waals surface area contributed by atoms with Crippen LogP contribution in [0.5, 0.6) is 0 Å². The van der Waals surface area contributed by atoms with E-state index in [1.54, 1.807) is 18.3 Å². The van der Waals surface area contributed by atoms with Crippen LogP contribution in [0.3, 0.4) is 0 Å². The topological polar surface area (TPSA) is 91.4 Å². The van der Waals surface area contributed by atoms with Crippen molar-refractivity contribution in [2.45, 2.75) is 19.4 Å². The van der Waals surface area contributed by atoms with Crippen molar-refractivity contribution >= 4 is 23.7 Å². The number of halogens is 1. The van der Waals surface area contributed by atoms with E-state index in [4.69, 9.17) is 0 Å². The molecular weight excluding hydrogens is 339 g/mol. The number of hydrogen-bond donors (Lipinski definition) is 2. The van der Waals surface area contributed by atoms with E-state index in [0.717, 1.165) is 10.5 Å². The summed E-state index contributed by atoms with van der Waals surface area (Å²) in [5, 5.41) is 5.10. The number of urea groups is 1. The molecule has 0 aliphatic carbocycles. The third kappa shape index (κ3) is 3.26. The summed E-state index contributed by atoms with van der Waals surface area (Å²) in [5.74, 6) is -1.25. The first-order chi connectivity index (χ1) is 12.3. The van der Waals surface area contributed by atoms with Crippen LogP contribution < -0.4 is 10.6 Å². The highest BCUT2D eigenvalue weighted by Crippen LogP contribution is 2.28. The summed E-state index contributed by atoms with van der Waals surface area (Å²) < 4.78 is 13.1. The van der Waals surface area contributed by atoms with E-state index in [1.807, 2.05) is 6.92 Å². The standard InChI is InChI=1S/C18H17FN4O3/c1-11-3-8-14(20-9-11)21-15(24)10-23-16(25)18(2,22-17(23)26)12-4-6-13(19)7-5-12/h3-9H,10H2,1-2H3,(H,22,26)(H,20,21,24)/t18-/m1/s1. The highest BCUT2D eigenvalue weighted by Gasteiger charge is 2.49. The van der Waals surface area contributed by atoms with E-state index in [1.165, 1.54) is 31.2 Å². The smallest absolute Gasteiger partial charge is 0.319 e. The Morgan fingerprint density at radius 1 is 1.23 bits per heavy atom. The number of aryl methyl sites for hydroxylation is 1. The lowest BCUT2D eigenvalue weighted by atomic mass is 9.92. The van der Waals surface area contributed by atoms with Crippen molar-refractivity contribution in [3.05, 3.63) is 59.5 Å². The Morgan fingerprint density at radius 2 is 1.92 bits per heavy atom. The maximum Gasteiger partial charge on any atom is 0.325 e. The Hall–Kier alpha value is -3.29. The first-order valence-corrected chi connectivity index (χ1v) is 7.92. The summed E-state index contributed by atoms with van der Waals surface area (Å²) in [5.41, 5.74) is 0.0141. The number of benzene rings is 1. The molecule has 0 bridgehead atoms. The molecule has 0 saturated carbocycles. The van der Waals surface area contributed by atoms with Crippen LogP contribution in [-0.4, -0.2) is 34.3 Å². The Labute approximate surface area is 149 Å². The molecule has 2 heterocycles. The van der Waals surface area contributed by atoms with Gasteiger partial charge in [-0.2, -0.15) is 0 Å². The summed E-state index contributed by atoms with van der Waals surface area (Å²) in [6.07, 6.45) is 1.59. The van der Waals surface area contributed by atoms with E-state index in [0.29, 0.717) is 11.4 Å². The molecule has 1 aromatic carbocycles. The lowest BCUT2D eigenvalue weighted by molar-refractivity contribution is -0.133. The van der Waals surface area contributed by atoms with Crippen molar-refractivity contribution in [3.63, 3.8) is 0 Å². The minimum absolute atomic E-state index is 0.328. The van der Waals surface area contributed by atoms with Gasteiger partial charge in [-0.3, -0.25) is 14.5 Å². The second kappa shape index (κ2) is 6.55. The van der Waals surface area contributed by atoms with Gasteiger partial charge in [0.2, 0.25) is 5.91 Å². The van der Waals surface area contributed by atoms with Gasteiger partial charge in [-0.1, -0.05) is 18.2 Å². The maximum absolute atomic E-state index is 13.1. The molecule has 2 N–H and O–H groups in total. The predicted octanol–water partition coefficient (Wildman–Crippen LogP) is 1.93. The molecule has 7 nitrogen and oxygen atoms in total. The fourth-order valence-corrected chi connectivity index (χ4v) is 2.69. The molecule has 1 aromatic heterocycles. The highest BCUT2D eigenvalue weighted by molar-refractivity contribution is 6.10. The normalized spacial score (nSPS) is 19.4. The minimum Gasteiger partial charge on any atom is -0.319 e. The molecule has 3 rings (SSSR count). The summed E-state index contributed by atoms with van der Waals surface area (Å²) in [6.45, 7) is 2.93. The van der Waals surface area contributed by atoms with Crippen molar-refractivity contribution in [1.82, 2.24) is 15.2 Å². The van der Waals surface area contributed by atoms with Crippen molar-refractivity contribution in [2.24, 2.45) is 0 Å². The number of amides is 4. The van der Waals surface area contributed by atoms with E-state index in [9.17, 15) is 18.8 Å². The van der Waals surface area contributed by atoms with Gasteiger partial charge < -0.3 is 10.6 Å². The zero-order chi connectivity index (χ0) is 18.9. The molecule has 26 heavy (non-hydrogen) atoms. The number of carbonyl (C=O) groups is 3. The molecule has 1 fully saturated rings. The Bertz CT molecular complexity index is 867. The Kier molecular flexibility index (Phi) is 4.41. The fraction of sp³-hybridized carbons (Fsp3) is 0.222. The second-order valence-electron chi connectivity index (χ2n) is 6.22. The van der Waals surface area contributed by atoms with Crippen molar-refractivity contribution in [3.8, 4) is 0 Å². The van der Waals surface area contributed by atoms with Gasteiger partial charge in [0.15, 0.2) is 0 Å². The van der Waals surface area contributed by atoms with Gasteiger partial charge in [-0.15, -0.1) is 0 Å². The quantitative estimate of drug-likeness (QED) is 0.819. The first kappa shape index (κ1) is 17.5. The number of pyridine rings is 1. The first-order valence-electron chi connectivity index (χ1n) is 7.92. The van der Waals surface area contributed by atoms with Crippen LogP contribution in [0.15, 0.2) is 42.6 Å². The molecule has 1 aliphatic heterocycles. The Balaban J connectivity index is 1.73. The van der Waals surface area contributed by atoms with Crippen molar-refractivity contribution < 1.29 is 18.8 Å². The molecule has 0 spiro atoms. The lowest BCUT2D eigenvalue weighted by Gasteiger charge is -2.22. The minimum atomic E-state index is -1.35. The van der Waals surface area contributed by atoms with Crippen LogP contribution in [-0.2, 0) is 15.1 Å². The zero-order valence-electron chi connectivity index (χ0n) is 14.2. The molecule has 0 radical (unpaired) electrons. The highest BCUT2D eigenvalue weighted by atomic mass is 19.1. The monoisotopic (exact) mass is 356 g/mol. The van der Waals surface area contributed by atoms with Gasteiger partial charge in [0.1, 0.15) is 23.7 Å². The van der Waals surface area contributed by atoms with Gasteiger partial charge in [-0.25, -0.2) is 14.2 Å². The molecular formula is C18H17FN4O3. The van der Waals surface area contributed by atoms with Gasteiger partial charge in [0.25, 0.3) is 5.91 Å². The average Bonchev–Trinajstić information content (AvgIpc) is 2.82. The van der Waals surface area contributed by atoms with Crippen molar-refractivity contribution in [1.29, 1.82) is 0 Å². The number of imide groups is 1. The molecule has 4 amide bonds. The molecule has 2 aromatic rings.